The van der Waals surface area contributed by atoms with Crippen LogP contribution in [0.15, 0.2) is 114 Å². The zero-order chi connectivity index (χ0) is 29.2. The van der Waals surface area contributed by atoms with E-state index in [9.17, 15) is 23.6 Å². The van der Waals surface area contributed by atoms with E-state index in [1.165, 1.54) is 42.1 Å². The summed E-state index contributed by atoms with van der Waals surface area (Å²) >= 11 is 1.21. The molecule has 0 unspecified atom stereocenters. The predicted molar refractivity (Wildman–Crippen MR) is 158 cm³/mol. The first kappa shape index (κ1) is 28.8. The zero-order valence-electron chi connectivity index (χ0n) is 21.6. The van der Waals surface area contributed by atoms with Crippen molar-refractivity contribution in [2.75, 3.05) is 16.4 Å². The lowest BCUT2D eigenvalue weighted by Crippen LogP contribution is -2.30. The van der Waals surface area contributed by atoms with Crippen LogP contribution in [-0.2, 0) is 9.59 Å². The summed E-state index contributed by atoms with van der Waals surface area (Å²) in [5, 5.41) is 7.96. The van der Waals surface area contributed by atoms with E-state index in [0.717, 1.165) is 0 Å². The van der Waals surface area contributed by atoms with E-state index in [1.807, 2.05) is 0 Å². The topological polar surface area (TPSA) is 130 Å². The second kappa shape index (κ2) is 13.7. The third kappa shape index (κ3) is 8.13. The fourth-order valence-corrected chi connectivity index (χ4v) is 4.45. The quantitative estimate of drug-likeness (QED) is 0.157. The Balaban J connectivity index is 1.46. The minimum atomic E-state index is -0.666. The Labute approximate surface area is 239 Å². The number of rotatable bonds is 10. The Bertz CT molecular complexity index is 1630. The summed E-state index contributed by atoms with van der Waals surface area (Å²) in [6.07, 6.45) is 1.26. The molecular weight excluding hydrogens is 543 g/mol. The van der Waals surface area contributed by atoms with Gasteiger partial charge in [0.2, 0.25) is 5.91 Å². The Kier molecular flexibility index (Phi) is 9.63. The summed E-state index contributed by atoms with van der Waals surface area (Å²) in [5.41, 5.74) is 6.58. The number of para-hydroxylation sites is 1. The van der Waals surface area contributed by atoms with Crippen LogP contribution in [0.25, 0.3) is 6.08 Å². The van der Waals surface area contributed by atoms with Crippen molar-refractivity contribution in [2.24, 2.45) is 5.73 Å². The van der Waals surface area contributed by atoms with Crippen LogP contribution in [0.4, 0.5) is 15.8 Å². The Morgan fingerprint density at radius 2 is 1.51 bits per heavy atom. The van der Waals surface area contributed by atoms with Gasteiger partial charge in [0.25, 0.3) is 17.7 Å². The Morgan fingerprint density at radius 1 is 0.805 bits per heavy atom. The number of nitrogens with two attached hydrogens (primary N) is 1. The molecule has 0 aliphatic heterocycles. The maximum Gasteiger partial charge on any atom is 0.272 e. The van der Waals surface area contributed by atoms with Gasteiger partial charge in [-0.2, -0.15) is 0 Å². The van der Waals surface area contributed by atoms with Crippen molar-refractivity contribution in [1.82, 2.24) is 5.32 Å². The highest BCUT2D eigenvalue weighted by molar-refractivity contribution is 8.00. The summed E-state index contributed by atoms with van der Waals surface area (Å²) in [6.45, 7) is 0. The van der Waals surface area contributed by atoms with Gasteiger partial charge in [0.15, 0.2) is 0 Å². The van der Waals surface area contributed by atoms with Crippen molar-refractivity contribution in [3.63, 3.8) is 0 Å². The van der Waals surface area contributed by atoms with Gasteiger partial charge in [-0.3, -0.25) is 19.2 Å². The molecule has 8 nitrogen and oxygen atoms in total. The molecule has 0 saturated heterocycles. The molecule has 0 atom stereocenters. The van der Waals surface area contributed by atoms with Gasteiger partial charge in [-0.15, -0.1) is 11.8 Å². The SMILES string of the molecule is NC(=O)c1ccccc1NC(=O)CSc1cccc(NC(=O)/C(=C\c2ccccc2F)NC(=O)c2ccccc2)c1. The van der Waals surface area contributed by atoms with Crippen molar-refractivity contribution in [3.8, 4) is 0 Å². The van der Waals surface area contributed by atoms with Crippen LogP contribution in [0.1, 0.15) is 26.3 Å². The highest BCUT2D eigenvalue weighted by atomic mass is 32.2. The molecule has 0 aromatic heterocycles. The Hall–Kier alpha value is -5.22. The number of anilines is 2. The maximum absolute atomic E-state index is 14.4. The highest BCUT2D eigenvalue weighted by Crippen LogP contribution is 2.23. The molecular formula is C31H25FN4O4S. The van der Waals surface area contributed by atoms with Gasteiger partial charge < -0.3 is 21.7 Å². The first-order valence-electron chi connectivity index (χ1n) is 12.4. The third-order valence-corrected chi connectivity index (χ3v) is 6.66. The number of carbonyl (C=O) groups is 4. The van der Waals surface area contributed by atoms with Gasteiger partial charge in [-0.05, 0) is 54.6 Å². The van der Waals surface area contributed by atoms with Crippen LogP contribution < -0.4 is 21.7 Å². The van der Waals surface area contributed by atoms with E-state index in [1.54, 1.807) is 78.9 Å². The number of thioether (sulfide) groups is 1. The summed E-state index contributed by atoms with van der Waals surface area (Å²) in [6, 6.07) is 27.4. The average molecular weight is 569 g/mol. The summed E-state index contributed by atoms with van der Waals surface area (Å²) in [4.78, 5) is 50.8. The first-order chi connectivity index (χ1) is 19.8. The standard InChI is InChI=1S/C31H25FN4O4S/c32-25-15-6-4-11-21(25)17-27(36-30(39)20-9-2-1-3-10-20)31(40)34-22-12-8-13-23(18-22)41-19-28(37)35-26-16-7-5-14-24(26)29(33)38/h1-18H,19H2,(H2,33,38)(H,34,40)(H,35,37)(H,36,39)/b27-17+. The van der Waals surface area contributed by atoms with Crippen molar-refractivity contribution >= 4 is 52.8 Å². The van der Waals surface area contributed by atoms with Crippen molar-refractivity contribution in [1.29, 1.82) is 0 Å². The molecule has 4 aromatic rings. The summed E-state index contributed by atoms with van der Waals surface area (Å²) in [7, 11) is 0. The molecule has 0 bridgehead atoms. The van der Waals surface area contributed by atoms with Crippen LogP contribution in [0.3, 0.4) is 0 Å². The fraction of sp³-hybridized carbons (Fsp3) is 0.0323. The van der Waals surface area contributed by atoms with Gasteiger partial charge in [0.1, 0.15) is 11.5 Å². The lowest BCUT2D eigenvalue weighted by Gasteiger charge is -2.12. The molecule has 0 aliphatic carbocycles. The maximum atomic E-state index is 14.4. The van der Waals surface area contributed by atoms with Crippen molar-refractivity contribution < 1.29 is 23.6 Å². The van der Waals surface area contributed by atoms with E-state index in [0.29, 0.717) is 21.8 Å². The molecule has 5 N–H and O–H groups in total. The fourth-order valence-electron chi connectivity index (χ4n) is 3.69. The van der Waals surface area contributed by atoms with Crippen molar-refractivity contribution in [2.45, 2.75) is 4.90 Å². The summed E-state index contributed by atoms with van der Waals surface area (Å²) < 4.78 is 14.4. The van der Waals surface area contributed by atoms with E-state index < -0.39 is 23.5 Å². The van der Waals surface area contributed by atoms with E-state index in [2.05, 4.69) is 16.0 Å². The first-order valence-corrected chi connectivity index (χ1v) is 13.3. The lowest BCUT2D eigenvalue weighted by molar-refractivity contribution is -0.114. The zero-order valence-corrected chi connectivity index (χ0v) is 22.4. The number of amides is 4. The monoisotopic (exact) mass is 568 g/mol. The van der Waals surface area contributed by atoms with Gasteiger partial charge in [0, 0.05) is 21.7 Å². The van der Waals surface area contributed by atoms with Gasteiger partial charge >= 0.3 is 0 Å². The molecule has 4 rings (SSSR count). The van der Waals surface area contributed by atoms with Crippen LogP contribution in [0, 0.1) is 5.82 Å². The van der Waals surface area contributed by atoms with Gasteiger partial charge in [0.05, 0.1) is 17.0 Å². The Morgan fingerprint density at radius 3 is 2.27 bits per heavy atom. The van der Waals surface area contributed by atoms with Gasteiger partial charge in [-0.25, -0.2) is 4.39 Å². The molecule has 41 heavy (non-hydrogen) atoms. The molecule has 4 aromatic carbocycles. The average Bonchev–Trinajstić information content (AvgIpc) is 2.97. The molecule has 0 radical (unpaired) electrons. The molecule has 0 fully saturated rings. The molecule has 4 amide bonds. The van der Waals surface area contributed by atoms with Crippen LogP contribution in [0.2, 0.25) is 0 Å². The highest BCUT2D eigenvalue weighted by Gasteiger charge is 2.16. The molecule has 0 heterocycles. The van der Waals surface area contributed by atoms with E-state index >= 15 is 0 Å². The number of hydrogen-bond acceptors (Lipinski definition) is 5. The molecule has 0 spiro atoms. The number of primary amides is 1. The summed E-state index contributed by atoms with van der Waals surface area (Å²) in [5.74, 6) is -2.73. The normalized spacial score (nSPS) is 10.9. The minimum absolute atomic E-state index is 0.0239. The van der Waals surface area contributed by atoms with Crippen molar-refractivity contribution in [3.05, 3.63) is 131 Å². The molecule has 206 valence electrons. The smallest absolute Gasteiger partial charge is 0.272 e. The number of halogens is 1. The van der Waals surface area contributed by atoms with Gasteiger partial charge in [-0.1, -0.05) is 54.6 Å². The van der Waals surface area contributed by atoms with E-state index in [4.69, 9.17) is 5.73 Å². The minimum Gasteiger partial charge on any atom is -0.366 e. The van der Waals surface area contributed by atoms with Crippen LogP contribution in [-0.4, -0.2) is 29.4 Å². The molecule has 0 saturated carbocycles. The number of hydrogen-bond donors (Lipinski definition) is 4. The second-order valence-electron chi connectivity index (χ2n) is 8.63. The van der Waals surface area contributed by atoms with E-state index in [-0.39, 0.29) is 28.5 Å². The largest absolute Gasteiger partial charge is 0.366 e. The number of nitrogens with one attached hydrogen (secondary N) is 3. The second-order valence-corrected chi connectivity index (χ2v) is 9.68. The predicted octanol–water partition coefficient (Wildman–Crippen LogP) is 5.07. The third-order valence-electron chi connectivity index (χ3n) is 5.66. The molecule has 10 heteroatoms. The van der Waals surface area contributed by atoms with Crippen LogP contribution >= 0.6 is 11.8 Å². The number of benzene rings is 4. The number of carbonyl (C=O) groups excluding carboxylic acids is 4. The molecule has 0 aliphatic rings. The van der Waals surface area contributed by atoms with Crippen LogP contribution in [0.5, 0.6) is 0 Å². The lowest BCUT2D eigenvalue weighted by atomic mass is 10.1.